The first kappa shape index (κ1) is 23.4. The van der Waals surface area contributed by atoms with Crippen LogP contribution in [0, 0.1) is 5.92 Å². The number of ketones is 1. The fraction of sp³-hybridized carbons (Fsp3) is 0.458. The molecule has 1 N–H and O–H groups in total. The molecule has 168 valence electrons. The molecular formula is C24H31ClN2O4. The zero-order valence-corrected chi connectivity index (χ0v) is 19.2. The number of likely N-dealkylation sites (tertiary alicyclic amines) is 1. The summed E-state index contributed by atoms with van der Waals surface area (Å²) in [5, 5.41) is 4.14. The van der Waals surface area contributed by atoms with Crippen molar-refractivity contribution in [2.45, 2.75) is 19.4 Å². The zero-order chi connectivity index (χ0) is 22.2. The fourth-order valence-corrected chi connectivity index (χ4v) is 4.10. The van der Waals surface area contributed by atoms with Gasteiger partial charge >= 0.3 is 0 Å². The number of nitrogens with zero attached hydrogens (tertiary/aromatic N) is 1. The maximum absolute atomic E-state index is 12.7. The number of carbonyl (C=O) groups is 1. The molecule has 1 saturated heterocycles. The molecule has 31 heavy (non-hydrogen) atoms. The van der Waals surface area contributed by atoms with Crippen LogP contribution in [0.25, 0.3) is 0 Å². The van der Waals surface area contributed by atoms with Gasteiger partial charge in [0, 0.05) is 36.1 Å². The third-order valence-electron chi connectivity index (χ3n) is 5.75. The molecule has 1 aliphatic heterocycles. The van der Waals surface area contributed by atoms with Crippen LogP contribution in [0.4, 0.5) is 0 Å². The van der Waals surface area contributed by atoms with Crippen molar-refractivity contribution >= 4 is 17.4 Å². The van der Waals surface area contributed by atoms with Crippen molar-refractivity contribution in [2.75, 3.05) is 47.5 Å². The summed E-state index contributed by atoms with van der Waals surface area (Å²) in [7, 11) is 4.84. The minimum atomic E-state index is 0.101. The molecule has 2 aromatic carbocycles. The summed E-state index contributed by atoms with van der Waals surface area (Å²) in [5.41, 5.74) is 1.83. The molecule has 0 bridgehead atoms. The second-order valence-electron chi connectivity index (χ2n) is 7.70. The van der Waals surface area contributed by atoms with Gasteiger partial charge in [-0.25, -0.2) is 0 Å². The van der Waals surface area contributed by atoms with Crippen molar-refractivity contribution in [1.29, 1.82) is 0 Å². The minimum Gasteiger partial charge on any atom is -0.493 e. The summed E-state index contributed by atoms with van der Waals surface area (Å²) in [6.07, 6.45) is 1.79. The van der Waals surface area contributed by atoms with Gasteiger partial charge in [0.15, 0.2) is 17.3 Å². The maximum Gasteiger partial charge on any atom is 0.203 e. The third-order valence-corrected chi connectivity index (χ3v) is 6.00. The highest BCUT2D eigenvalue weighted by atomic mass is 35.5. The average Bonchev–Trinajstić information content (AvgIpc) is 2.81. The fourth-order valence-electron chi connectivity index (χ4n) is 3.98. The van der Waals surface area contributed by atoms with E-state index in [9.17, 15) is 4.79 Å². The Morgan fingerprint density at radius 2 is 1.65 bits per heavy atom. The number of rotatable bonds is 10. The number of piperidine rings is 1. The predicted octanol–water partition coefficient (Wildman–Crippen LogP) is 4.05. The first-order valence-corrected chi connectivity index (χ1v) is 10.9. The van der Waals surface area contributed by atoms with Crippen molar-refractivity contribution in [3.63, 3.8) is 0 Å². The molecule has 0 amide bonds. The van der Waals surface area contributed by atoms with Crippen LogP contribution in [-0.4, -0.2) is 58.2 Å². The topological polar surface area (TPSA) is 60.0 Å². The van der Waals surface area contributed by atoms with Gasteiger partial charge in [0.2, 0.25) is 5.75 Å². The summed E-state index contributed by atoms with van der Waals surface area (Å²) in [6, 6.07) is 11.1. The largest absolute Gasteiger partial charge is 0.493 e. The number of ether oxygens (including phenoxy) is 3. The van der Waals surface area contributed by atoms with E-state index < -0.39 is 0 Å². The quantitative estimate of drug-likeness (QED) is 0.439. The Labute approximate surface area is 189 Å². The Bertz CT molecular complexity index is 839. The molecule has 1 fully saturated rings. The number of carbonyl (C=O) groups excluding carboxylic acids is 1. The molecule has 1 heterocycles. The van der Waals surface area contributed by atoms with Crippen LogP contribution >= 0.6 is 11.6 Å². The van der Waals surface area contributed by atoms with Gasteiger partial charge in [0.1, 0.15) is 0 Å². The lowest BCUT2D eigenvalue weighted by Gasteiger charge is -2.31. The SMILES string of the molecule is COc1cc(CNCCN2CCC(C(=O)c3ccc(Cl)cc3)CC2)cc(OC)c1OC. The van der Waals surface area contributed by atoms with Crippen LogP contribution in [0.2, 0.25) is 5.02 Å². The van der Waals surface area contributed by atoms with Gasteiger partial charge in [0.05, 0.1) is 21.3 Å². The summed E-state index contributed by atoms with van der Waals surface area (Å²) in [5.74, 6) is 2.25. The van der Waals surface area contributed by atoms with Crippen LogP contribution in [0.3, 0.4) is 0 Å². The molecular weight excluding hydrogens is 416 g/mol. The normalized spacial score (nSPS) is 15.0. The van der Waals surface area contributed by atoms with Crippen LogP contribution in [-0.2, 0) is 6.54 Å². The number of hydrogen-bond acceptors (Lipinski definition) is 6. The van der Waals surface area contributed by atoms with E-state index in [1.807, 2.05) is 24.3 Å². The van der Waals surface area contributed by atoms with Crippen molar-refractivity contribution in [2.24, 2.45) is 5.92 Å². The highest BCUT2D eigenvalue weighted by molar-refractivity contribution is 6.30. The second-order valence-corrected chi connectivity index (χ2v) is 8.13. The first-order valence-electron chi connectivity index (χ1n) is 10.6. The smallest absolute Gasteiger partial charge is 0.203 e. The van der Waals surface area contributed by atoms with Crippen molar-refractivity contribution in [1.82, 2.24) is 10.2 Å². The lowest BCUT2D eigenvalue weighted by molar-refractivity contribution is 0.0841. The Morgan fingerprint density at radius 1 is 1.03 bits per heavy atom. The third kappa shape index (κ3) is 6.12. The van der Waals surface area contributed by atoms with Crippen LogP contribution in [0.15, 0.2) is 36.4 Å². The molecule has 7 heteroatoms. The number of benzene rings is 2. The van der Waals surface area contributed by atoms with Crippen molar-refractivity contribution in [3.05, 3.63) is 52.5 Å². The van der Waals surface area contributed by atoms with Gasteiger partial charge < -0.3 is 24.4 Å². The lowest BCUT2D eigenvalue weighted by atomic mass is 9.89. The standard InChI is InChI=1S/C24H31ClN2O4/c1-29-21-14-17(15-22(30-2)24(21)31-3)16-26-10-13-27-11-8-19(9-12-27)23(28)18-4-6-20(25)7-5-18/h4-7,14-15,19,26H,8-13,16H2,1-3H3. The first-order chi connectivity index (χ1) is 15.0. The van der Waals surface area contributed by atoms with Gasteiger partial charge in [0.25, 0.3) is 0 Å². The van der Waals surface area contributed by atoms with Gasteiger partial charge in [-0.2, -0.15) is 0 Å². The minimum absolute atomic E-state index is 0.101. The number of nitrogens with one attached hydrogen (secondary N) is 1. The molecule has 0 atom stereocenters. The zero-order valence-electron chi connectivity index (χ0n) is 18.4. The van der Waals surface area contributed by atoms with E-state index in [2.05, 4.69) is 10.2 Å². The Balaban J connectivity index is 1.42. The van der Waals surface area contributed by atoms with Crippen LogP contribution in [0.1, 0.15) is 28.8 Å². The molecule has 6 nitrogen and oxygen atoms in total. The van der Waals surface area contributed by atoms with E-state index in [0.29, 0.717) is 28.8 Å². The highest BCUT2D eigenvalue weighted by Gasteiger charge is 2.25. The van der Waals surface area contributed by atoms with E-state index in [1.54, 1.807) is 33.5 Å². The van der Waals surface area contributed by atoms with E-state index in [4.69, 9.17) is 25.8 Å². The molecule has 0 unspecified atom stereocenters. The maximum atomic E-state index is 12.7. The molecule has 0 aliphatic carbocycles. The summed E-state index contributed by atoms with van der Waals surface area (Å²) in [4.78, 5) is 15.1. The van der Waals surface area contributed by atoms with E-state index >= 15 is 0 Å². The highest BCUT2D eigenvalue weighted by Crippen LogP contribution is 2.38. The number of methoxy groups -OCH3 is 3. The average molecular weight is 447 g/mol. The van der Waals surface area contributed by atoms with E-state index in [-0.39, 0.29) is 11.7 Å². The number of hydrogen-bond donors (Lipinski definition) is 1. The Morgan fingerprint density at radius 3 is 2.19 bits per heavy atom. The Hall–Kier alpha value is -2.28. The number of halogens is 1. The van der Waals surface area contributed by atoms with Crippen LogP contribution < -0.4 is 19.5 Å². The molecule has 0 aromatic heterocycles. The molecule has 0 saturated carbocycles. The molecule has 2 aromatic rings. The van der Waals surface area contributed by atoms with Gasteiger partial charge in [-0.05, 0) is 67.9 Å². The van der Waals surface area contributed by atoms with Gasteiger partial charge in [-0.3, -0.25) is 4.79 Å². The monoisotopic (exact) mass is 446 g/mol. The number of Topliss-reactive ketones (excluding diaryl/α,β-unsaturated/α-hetero) is 1. The second kappa shape index (κ2) is 11.4. The summed E-state index contributed by atoms with van der Waals surface area (Å²) >= 11 is 5.92. The van der Waals surface area contributed by atoms with E-state index in [0.717, 1.165) is 50.1 Å². The lowest BCUT2D eigenvalue weighted by Crippen LogP contribution is -2.39. The molecule has 0 spiro atoms. The van der Waals surface area contributed by atoms with Gasteiger partial charge in [-0.1, -0.05) is 11.6 Å². The van der Waals surface area contributed by atoms with Crippen LogP contribution in [0.5, 0.6) is 17.2 Å². The molecule has 3 rings (SSSR count). The van der Waals surface area contributed by atoms with Gasteiger partial charge in [-0.15, -0.1) is 0 Å². The van der Waals surface area contributed by atoms with E-state index in [1.165, 1.54) is 0 Å². The predicted molar refractivity (Wildman–Crippen MR) is 123 cm³/mol. The Kier molecular flexibility index (Phi) is 8.58. The summed E-state index contributed by atoms with van der Waals surface area (Å²) in [6.45, 7) is 4.41. The van der Waals surface area contributed by atoms with Crippen molar-refractivity contribution in [3.8, 4) is 17.2 Å². The molecule has 1 aliphatic rings. The summed E-state index contributed by atoms with van der Waals surface area (Å²) < 4.78 is 16.2. The molecule has 0 radical (unpaired) electrons. The van der Waals surface area contributed by atoms with Crippen molar-refractivity contribution < 1.29 is 19.0 Å².